The minimum Gasteiger partial charge on any atom is -0.395 e. The molecule has 0 saturated heterocycles. The molecule has 7 nitrogen and oxygen atoms in total. The van der Waals surface area contributed by atoms with Gasteiger partial charge in [-0.1, -0.05) is 5.16 Å². The lowest BCUT2D eigenvalue weighted by atomic mass is 10.3. The van der Waals surface area contributed by atoms with E-state index in [0.29, 0.717) is 11.5 Å². The normalized spacial score (nSPS) is 10.6. The fraction of sp³-hybridized carbons (Fsp3) is 0.364. The average molecular weight is 250 g/mol. The zero-order valence-electron chi connectivity index (χ0n) is 9.96. The molecule has 7 heteroatoms. The van der Waals surface area contributed by atoms with Crippen LogP contribution in [0.5, 0.6) is 0 Å². The summed E-state index contributed by atoms with van der Waals surface area (Å²) in [5.41, 5.74) is 0.639. The SMILES string of the molecule is Cc1cc(C(=O)N(CCO)Cc2ncc[nH]2)on1. The van der Waals surface area contributed by atoms with Crippen LogP contribution in [0.15, 0.2) is 23.0 Å². The predicted octanol–water partition coefficient (Wildman–Crippen LogP) is 0.341. The molecular formula is C11H14N4O3. The van der Waals surface area contributed by atoms with Crippen molar-refractivity contribution in [2.24, 2.45) is 0 Å². The van der Waals surface area contributed by atoms with Crippen molar-refractivity contribution in [3.8, 4) is 0 Å². The number of nitrogens with zero attached hydrogens (tertiary/aromatic N) is 3. The van der Waals surface area contributed by atoms with Gasteiger partial charge in [0.2, 0.25) is 5.76 Å². The summed E-state index contributed by atoms with van der Waals surface area (Å²) >= 11 is 0. The maximum atomic E-state index is 12.1. The van der Waals surface area contributed by atoms with Crippen LogP contribution in [0.25, 0.3) is 0 Å². The summed E-state index contributed by atoms with van der Waals surface area (Å²) in [6, 6.07) is 1.56. The molecule has 2 aromatic heterocycles. The molecule has 2 rings (SSSR count). The Morgan fingerprint density at radius 2 is 2.44 bits per heavy atom. The van der Waals surface area contributed by atoms with Crippen LogP contribution in [0.4, 0.5) is 0 Å². The monoisotopic (exact) mass is 250 g/mol. The number of amides is 1. The molecule has 2 aromatic rings. The van der Waals surface area contributed by atoms with Crippen LogP contribution in [-0.4, -0.2) is 44.2 Å². The lowest BCUT2D eigenvalue weighted by molar-refractivity contribution is 0.0661. The van der Waals surface area contributed by atoms with Crippen molar-refractivity contribution in [3.05, 3.63) is 35.7 Å². The molecular weight excluding hydrogens is 236 g/mol. The van der Waals surface area contributed by atoms with E-state index in [1.165, 1.54) is 4.90 Å². The summed E-state index contributed by atoms with van der Waals surface area (Å²) in [4.78, 5) is 20.5. The number of rotatable bonds is 5. The molecule has 0 fully saturated rings. The van der Waals surface area contributed by atoms with Gasteiger partial charge < -0.3 is 19.5 Å². The second kappa shape index (κ2) is 5.46. The van der Waals surface area contributed by atoms with E-state index in [1.54, 1.807) is 25.4 Å². The van der Waals surface area contributed by atoms with Crippen LogP contribution in [0, 0.1) is 6.92 Å². The van der Waals surface area contributed by atoms with E-state index < -0.39 is 0 Å². The Balaban J connectivity index is 2.11. The summed E-state index contributed by atoms with van der Waals surface area (Å²) in [5, 5.41) is 12.7. The van der Waals surface area contributed by atoms with Crippen molar-refractivity contribution in [2.75, 3.05) is 13.2 Å². The van der Waals surface area contributed by atoms with Crippen LogP contribution < -0.4 is 0 Å². The zero-order chi connectivity index (χ0) is 13.0. The van der Waals surface area contributed by atoms with Crippen LogP contribution >= 0.6 is 0 Å². The lowest BCUT2D eigenvalue weighted by Crippen LogP contribution is -2.33. The molecule has 0 radical (unpaired) electrons. The Kier molecular flexibility index (Phi) is 3.73. The molecule has 0 aliphatic rings. The highest BCUT2D eigenvalue weighted by Crippen LogP contribution is 2.09. The number of imidazole rings is 1. The van der Waals surface area contributed by atoms with E-state index in [9.17, 15) is 4.79 Å². The van der Waals surface area contributed by atoms with Crippen molar-refractivity contribution in [1.29, 1.82) is 0 Å². The zero-order valence-corrected chi connectivity index (χ0v) is 9.96. The first kappa shape index (κ1) is 12.3. The second-order valence-corrected chi connectivity index (χ2v) is 3.82. The van der Waals surface area contributed by atoms with Gasteiger partial charge in [0.1, 0.15) is 5.82 Å². The highest BCUT2D eigenvalue weighted by Gasteiger charge is 2.20. The van der Waals surface area contributed by atoms with Crippen LogP contribution in [0.3, 0.4) is 0 Å². The maximum Gasteiger partial charge on any atom is 0.292 e. The molecule has 96 valence electrons. The average Bonchev–Trinajstić information content (AvgIpc) is 2.99. The van der Waals surface area contributed by atoms with Gasteiger partial charge in [-0.15, -0.1) is 0 Å². The minimum atomic E-state index is -0.318. The lowest BCUT2D eigenvalue weighted by Gasteiger charge is -2.18. The van der Waals surface area contributed by atoms with Crippen molar-refractivity contribution in [2.45, 2.75) is 13.5 Å². The molecule has 0 aromatic carbocycles. The first-order chi connectivity index (χ1) is 8.70. The molecule has 0 bridgehead atoms. The summed E-state index contributed by atoms with van der Waals surface area (Å²) in [6.45, 7) is 2.11. The number of aromatic amines is 1. The third-order valence-corrected chi connectivity index (χ3v) is 2.39. The van der Waals surface area contributed by atoms with Crippen molar-refractivity contribution in [3.63, 3.8) is 0 Å². The number of nitrogens with one attached hydrogen (secondary N) is 1. The third-order valence-electron chi connectivity index (χ3n) is 2.39. The van der Waals surface area contributed by atoms with Crippen LogP contribution in [0.2, 0.25) is 0 Å². The number of aliphatic hydroxyl groups is 1. The van der Waals surface area contributed by atoms with Crippen molar-refractivity contribution < 1.29 is 14.4 Å². The summed E-state index contributed by atoms with van der Waals surface area (Å²) in [6.07, 6.45) is 3.28. The number of H-pyrrole nitrogens is 1. The highest BCUT2D eigenvalue weighted by molar-refractivity contribution is 5.91. The van der Waals surface area contributed by atoms with E-state index in [0.717, 1.165) is 0 Å². The van der Waals surface area contributed by atoms with Gasteiger partial charge in [-0.05, 0) is 6.92 Å². The van der Waals surface area contributed by atoms with Gasteiger partial charge in [0.25, 0.3) is 5.91 Å². The van der Waals surface area contributed by atoms with Gasteiger partial charge in [-0.3, -0.25) is 4.79 Å². The van der Waals surface area contributed by atoms with Crippen molar-refractivity contribution in [1.82, 2.24) is 20.0 Å². The molecule has 0 saturated carbocycles. The largest absolute Gasteiger partial charge is 0.395 e. The first-order valence-corrected chi connectivity index (χ1v) is 5.52. The quantitative estimate of drug-likeness (QED) is 0.797. The van der Waals surface area contributed by atoms with Gasteiger partial charge in [0.05, 0.1) is 18.8 Å². The number of hydrogen-bond acceptors (Lipinski definition) is 5. The number of carbonyl (C=O) groups is 1. The predicted molar refractivity (Wildman–Crippen MR) is 61.7 cm³/mol. The molecule has 1 amide bonds. The molecule has 0 aliphatic heterocycles. The first-order valence-electron chi connectivity index (χ1n) is 5.52. The molecule has 0 aliphatic carbocycles. The van der Waals surface area contributed by atoms with Crippen LogP contribution in [0.1, 0.15) is 22.1 Å². The Bertz CT molecular complexity index is 506. The molecule has 0 unspecified atom stereocenters. The van der Waals surface area contributed by atoms with Crippen LogP contribution in [-0.2, 0) is 6.54 Å². The summed E-state index contributed by atoms with van der Waals surface area (Å²) < 4.78 is 4.92. The van der Waals surface area contributed by atoms with Crippen molar-refractivity contribution >= 4 is 5.91 Å². The highest BCUT2D eigenvalue weighted by atomic mass is 16.5. The third kappa shape index (κ3) is 2.75. The Morgan fingerprint density at radius 3 is 3.00 bits per heavy atom. The Hall–Kier alpha value is -2.15. The maximum absolute atomic E-state index is 12.1. The second-order valence-electron chi connectivity index (χ2n) is 3.82. The number of hydrogen-bond donors (Lipinski definition) is 2. The summed E-state index contributed by atoms with van der Waals surface area (Å²) in [5.74, 6) is 0.488. The Labute approximate surface area is 103 Å². The standard InChI is InChI=1S/C11H14N4O3/c1-8-6-9(18-14-8)11(17)15(4-5-16)7-10-12-2-3-13-10/h2-3,6,16H,4-5,7H2,1H3,(H,12,13). The van der Waals surface area contributed by atoms with Gasteiger partial charge in [0, 0.05) is 25.0 Å². The Morgan fingerprint density at radius 1 is 1.61 bits per heavy atom. The fourth-order valence-electron chi connectivity index (χ4n) is 1.56. The minimum absolute atomic E-state index is 0.125. The molecule has 0 atom stereocenters. The van der Waals surface area contributed by atoms with E-state index >= 15 is 0 Å². The molecule has 0 spiro atoms. The fourth-order valence-corrected chi connectivity index (χ4v) is 1.56. The van der Waals surface area contributed by atoms with E-state index in [-0.39, 0.29) is 31.4 Å². The molecule has 2 heterocycles. The number of carbonyl (C=O) groups excluding carboxylic acids is 1. The molecule has 2 N–H and O–H groups in total. The number of aromatic nitrogens is 3. The smallest absolute Gasteiger partial charge is 0.292 e. The van der Waals surface area contributed by atoms with E-state index in [2.05, 4.69) is 15.1 Å². The van der Waals surface area contributed by atoms with Gasteiger partial charge in [-0.2, -0.15) is 0 Å². The van der Waals surface area contributed by atoms with E-state index in [1.807, 2.05) is 0 Å². The number of aryl methyl sites for hydroxylation is 1. The molecule has 18 heavy (non-hydrogen) atoms. The van der Waals surface area contributed by atoms with E-state index in [4.69, 9.17) is 9.63 Å². The number of aliphatic hydroxyl groups excluding tert-OH is 1. The van der Waals surface area contributed by atoms with Gasteiger partial charge in [-0.25, -0.2) is 4.98 Å². The van der Waals surface area contributed by atoms with Gasteiger partial charge >= 0.3 is 0 Å². The van der Waals surface area contributed by atoms with Gasteiger partial charge in [0.15, 0.2) is 0 Å². The summed E-state index contributed by atoms with van der Waals surface area (Å²) in [7, 11) is 0. The topological polar surface area (TPSA) is 95.2 Å².